The molecular formula is C25H23F3N2O4. The fourth-order valence-corrected chi connectivity index (χ4v) is 4.22. The van der Waals surface area contributed by atoms with Crippen LogP contribution in [-0.2, 0) is 6.18 Å². The van der Waals surface area contributed by atoms with Crippen LogP contribution in [0.1, 0.15) is 30.4 Å². The Hall–Kier alpha value is -3.51. The number of rotatable bonds is 5. The Labute approximate surface area is 194 Å². The Morgan fingerprint density at radius 1 is 1.18 bits per heavy atom. The molecule has 1 aliphatic rings. The van der Waals surface area contributed by atoms with E-state index in [4.69, 9.17) is 15.7 Å². The zero-order valence-electron chi connectivity index (χ0n) is 18.5. The first-order valence-electron chi connectivity index (χ1n) is 10.8. The topological polar surface area (TPSA) is 67.3 Å². The van der Waals surface area contributed by atoms with Gasteiger partial charge >= 0.3 is 11.8 Å². The quantitative estimate of drug-likeness (QED) is 0.394. The van der Waals surface area contributed by atoms with Gasteiger partial charge in [0.1, 0.15) is 11.3 Å². The van der Waals surface area contributed by atoms with Crippen LogP contribution in [0, 0.1) is 13.5 Å². The number of aryl methyl sites for hydroxylation is 1. The molecule has 3 aromatic rings. The monoisotopic (exact) mass is 472 g/mol. The van der Waals surface area contributed by atoms with E-state index in [0.717, 1.165) is 17.0 Å². The molecule has 0 unspecified atom stereocenters. The minimum absolute atomic E-state index is 0.260. The molecule has 4 rings (SSSR count). The number of piperidine rings is 1. The molecule has 0 atom stereocenters. The fraction of sp³-hybridized carbons (Fsp3) is 0.360. The molecule has 0 amide bonds. The van der Waals surface area contributed by atoms with Crippen LogP contribution in [0.4, 0.5) is 24.5 Å². The highest BCUT2D eigenvalue weighted by atomic mass is 19.4. The predicted molar refractivity (Wildman–Crippen MR) is 121 cm³/mol. The standard InChI is InChI=1S/C25H23F3N2O4/c1-16-13-23(31)34-22-6-4-18(15-19(16)22)33-12-9-24(32)7-10-30(11-8-24)17-3-5-21(29-2)20(14-17)25(26,27)28/h3-6,13-15,32H,7-12H2,1H3. The number of hydrogen-bond donors (Lipinski definition) is 1. The molecule has 1 fully saturated rings. The maximum absolute atomic E-state index is 13.3. The highest BCUT2D eigenvalue weighted by molar-refractivity contribution is 5.81. The summed E-state index contributed by atoms with van der Waals surface area (Å²) < 4.78 is 50.8. The van der Waals surface area contributed by atoms with E-state index in [1.165, 1.54) is 18.2 Å². The zero-order valence-corrected chi connectivity index (χ0v) is 18.5. The van der Waals surface area contributed by atoms with E-state index in [1.54, 1.807) is 23.1 Å². The SMILES string of the molecule is [C-]#[N+]c1ccc(N2CCC(O)(CCOc3ccc4oc(=O)cc(C)c4c3)CC2)cc1C(F)(F)F. The van der Waals surface area contributed by atoms with Crippen molar-refractivity contribution >= 4 is 22.3 Å². The molecule has 9 heteroatoms. The normalized spacial score (nSPS) is 15.8. The van der Waals surface area contributed by atoms with Crippen LogP contribution in [0.25, 0.3) is 15.8 Å². The lowest BCUT2D eigenvalue weighted by atomic mass is 9.88. The molecule has 1 saturated heterocycles. The number of halogens is 3. The second kappa shape index (κ2) is 9.03. The molecule has 34 heavy (non-hydrogen) atoms. The van der Waals surface area contributed by atoms with E-state index in [9.17, 15) is 23.1 Å². The van der Waals surface area contributed by atoms with Crippen molar-refractivity contribution < 1.29 is 27.4 Å². The minimum atomic E-state index is -4.60. The van der Waals surface area contributed by atoms with Crippen molar-refractivity contribution in [1.82, 2.24) is 0 Å². The van der Waals surface area contributed by atoms with Crippen molar-refractivity contribution in [3.8, 4) is 5.75 Å². The van der Waals surface area contributed by atoms with Crippen molar-refractivity contribution in [2.75, 3.05) is 24.6 Å². The molecule has 0 aliphatic carbocycles. The summed E-state index contributed by atoms with van der Waals surface area (Å²) in [6.07, 6.45) is -3.48. The summed E-state index contributed by atoms with van der Waals surface area (Å²) >= 11 is 0. The number of nitrogens with zero attached hydrogens (tertiary/aromatic N) is 2. The summed E-state index contributed by atoms with van der Waals surface area (Å²) in [5.41, 5.74) is -1.13. The van der Waals surface area contributed by atoms with Crippen LogP contribution < -0.4 is 15.3 Å². The average molecular weight is 472 g/mol. The molecule has 0 bridgehead atoms. The van der Waals surface area contributed by atoms with Gasteiger partial charge in [0.2, 0.25) is 0 Å². The summed E-state index contributed by atoms with van der Waals surface area (Å²) in [5.74, 6) is 0.588. The Bertz CT molecular complexity index is 1300. The molecule has 6 nitrogen and oxygen atoms in total. The van der Waals surface area contributed by atoms with Gasteiger partial charge in [0.25, 0.3) is 0 Å². The summed E-state index contributed by atoms with van der Waals surface area (Å²) in [7, 11) is 0. The Balaban J connectivity index is 1.36. The number of benzene rings is 2. The summed E-state index contributed by atoms with van der Waals surface area (Å²) in [6, 6.07) is 10.3. The lowest BCUT2D eigenvalue weighted by Crippen LogP contribution is -2.45. The minimum Gasteiger partial charge on any atom is -0.493 e. The number of hydrogen-bond acceptors (Lipinski definition) is 5. The molecule has 1 aromatic heterocycles. The van der Waals surface area contributed by atoms with E-state index in [0.29, 0.717) is 49.4 Å². The predicted octanol–water partition coefficient (Wildman–Crippen LogP) is 5.47. The Morgan fingerprint density at radius 3 is 2.59 bits per heavy atom. The maximum atomic E-state index is 13.3. The molecule has 1 aliphatic heterocycles. The van der Waals surface area contributed by atoms with E-state index in [1.807, 2.05) is 6.92 Å². The fourth-order valence-electron chi connectivity index (χ4n) is 4.22. The van der Waals surface area contributed by atoms with Gasteiger partial charge in [0.15, 0.2) is 5.69 Å². The Kier molecular flexibility index (Phi) is 6.28. The summed E-state index contributed by atoms with van der Waals surface area (Å²) in [4.78, 5) is 16.2. The van der Waals surface area contributed by atoms with Crippen molar-refractivity contribution in [1.29, 1.82) is 0 Å². The van der Waals surface area contributed by atoms with Crippen LogP contribution in [0.2, 0.25) is 0 Å². The maximum Gasteiger partial charge on any atom is 0.407 e. The molecule has 178 valence electrons. The van der Waals surface area contributed by atoms with Gasteiger partial charge in [-0.05, 0) is 55.7 Å². The van der Waals surface area contributed by atoms with Crippen LogP contribution >= 0.6 is 0 Å². The van der Waals surface area contributed by atoms with Crippen LogP contribution in [0.15, 0.2) is 51.7 Å². The van der Waals surface area contributed by atoms with Gasteiger partial charge in [-0.1, -0.05) is 6.07 Å². The number of anilines is 1. The Morgan fingerprint density at radius 2 is 1.91 bits per heavy atom. The molecule has 1 N–H and O–H groups in total. The number of ether oxygens (including phenoxy) is 1. The van der Waals surface area contributed by atoms with E-state index >= 15 is 0 Å². The first-order chi connectivity index (χ1) is 16.1. The third kappa shape index (κ3) is 5.02. The highest BCUT2D eigenvalue weighted by Crippen LogP contribution is 2.39. The second-order valence-electron chi connectivity index (χ2n) is 8.53. The van der Waals surface area contributed by atoms with Crippen LogP contribution in [0.5, 0.6) is 5.75 Å². The molecule has 0 radical (unpaired) electrons. The molecule has 0 saturated carbocycles. The van der Waals surface area contributed by atoms with E-state index < -0.39 is 28.7 Å². The molecule has 2 heterocycles. The summed E-state index contributed by atoms with van der Waals surface area (Å²) in [6.45, 7) is 9.81. The van der Waals surface area contributed by atoms with Gasteiger partial charge in [-0.15, -0.1) is 0 Å². The number of aliphatic hydroxyl groups is 1. The third-order valence-electron chi connectivity index (χ3n) is 6.22. The van der Waals surface area contributed by atoms with Gasteiger partial charge in [-0.2, -0.15) is 13.2 Å². The molecular weight excluding hydrogens is 449 g/mol. The highest BCUT2D eigenvalue weighted by Gasteiger charge is 2.36. The second-order valence-corrected chi connectivity index (χ2v) is 8.53. The smallest absolute Gasteiger partial charge is 0.407 e. The number of alkyl halides is 3. The lowest BCUT2D eigenvalue weighted by Gasteiger charge is -2.39. The van der Waals surface area contributed by atoms with Crippen molar-refractivity contribution in [3.05, 3.63) is 75.4 Å². The van der Waals surface area contributed by atoms with Crippen molar-refractivity contribution in [2.45, 2.75) is 38.0 Å². The average Bonchev–Trinajstić information content (AvgIpc) is 2.79. The molecule has 0 spiro atoms. The van der Waals surface area contributed by atoms with Gasteiger partial charge in [-0.25, -0.2) is 9.64 Å². The van der Waals surface area contributed by atoms with Gasteiger partial charge < -0.3 is 19.2 Å². The van der Waals surface area contributed by atoms with E-state index in [-0.39, 0.29) is 6.61 Å². The van der Waals surface area contributed by atoms with E-state index in [2.05, 4.69) is 4.85 Å². The third-order valence-corrected chi connectivity index (χ3v) is 6.22. The van der Waals surface area contributed by atoms with Gasteiger partial charge in [0.05, 0.1) is 24.3 Å². The molecule has 2 aromatic carbocycles. The van der Waals surface area contributed by atoms with Crippen LogP contribution in [0.3, 0.4) is 0 Å². The largest absolute Gasteiger partial charge is 0.493 e. The lowest BCUT2D eigenvalue weighted by molar-refractivity contribution is -0.136. The van der Waals surface area contributed by atoms with Crippen LogP contribution in [-0.4, -0.2) is 30.4 Å². The first kappa shape index (κ1) is 23.6. The van der Waals surface area contributed by atoms with Gasteiger partial charge in [0, 0.05) is 36.7 Å². The first-order valence-corrected chi connectivity index (χ1v) is 10.8. The number of fused-ring (bicyclic) bond motifs is 1. The summed E-state index contributed by atoms with van der Waals surface area (Å²) in [5, 5.41) is 11.7. The zero-order chi connectivity index (χ0) is 24.5. The van der Waals surface area contributed by atoms with Gasteiger partial charge in [-0.3, -0.25) is 0 Å². The van der Waals surface area contributed by atoms with Crippen molar-refractivity contribution in [3.63, 3.8) is 0 Å². The van der Waals surface area contributed by atoms with Crippen molar-refractivity contribution in [2.24, 2.45) is 0 Å².